The molecule has 15 heavy (non-hydrogen) atoms. The SMILES string of the molecule is NC(O[PH](=O)O)O[PH](=O)Oc1ccon1. The lowest BCUT2D eigenvalue weighted by atomic mass is 10.7. The molecule has 3 atom stereocenters. The van der Waals surface area contributed by atoms with Gasteiger partial charge in [0.1, 0.15) is 6.26 Å². The molecule has 0 fully saturated rings. The summed E-state index contributed by atoms with van der Waals surface area (Å²) in [4.78, 5) is 8.30. The molecule has 0 radical (unpaired) electrons. The molecule has 0 aliphatic carbocycles. The Bertz CT molecular complexity index is 341. The van der Waals surface area contributed by atoms with Gasteiger partial charge in [-0.05, 0) is 5.16 Å². The second-order valence-corrected chi connectivity index (χ2v) is 3.77. The molecule has 1 aromatic heterocycles. The second kappa shape index (κ2) is 6.02. The van der Waals surface area contributed by atoms with Crippen molar-refractivity contribution in [1.29, 1.82) is 0 Å². The monoisotopic (exact) mass is 258 g/mol. The third kappa shape index (κ3) is 5.08. The number of nitrogens with two attached hydrogens (primary N) is 1. The average molecular weight is 258 g/mol. The molecule has 0 aliphatic heterocycles. The van der Waals surface area contributed by atoms with Crippen LogP contribution in [0.2, 0.25) is 0 Å². The highest BCUT2D eigenvalue weighted by Crippen LogP contribution is 2.29. The third-order valence-corrected chi connectivity index (χ3v) is 2.27. The van der Waals surface area contributed by atoms with Gasteiger partial charge >= 0.3 is 16.5 Å². The predicted octanol–water partition coefficient (Wildman–Crippen LogP) is 0.101. The van der Waals surface area contributed by atoms with Gasteiger partial charge in [0.2, 0.25) is 6.41 Å². The van der Waals surface area contributed by atoms with Crippen LogP contribution in [0.1, 0.15) is 0 Å². The van der Waals surface area contributed by atoms with E-state index >= 15 is 0 Å². The first-order valence-corrected chi connectivity index (χ1v) is 6.01. The summed E-state index contributed by atoms with van der Waals surface area (Å²) < 4.78 is 38.7. The van der Waals surface area contributed by atoms with Crippen LogP contribution in [0, 0.1) is 0 Å². The summed E-state index contributed by atoms with van der Waals surface area (Å²) in [5.74, 6) is -0.0530. The van der Waals surface area contributed by atoms with Crippen molar-refractivity contribution in [3.8, 4) is 5.88 Å². The van der Waals surface area contributed by atoms with Gasteiger partial charge in [0, 0.05) is 6.07 Å². The zero-order valence-electron chi connectivity index (χ0n) is 7.15. The average Bonchev–Trinajstić information content (AvgIpc) is 2.53. The predicted molar refractivity (Wildman–Crippen MR) is 47.5 cm³/mol. The topological polar surface area (TPSA) is 134 Å². The molecule has 3 unspecified atom stereocenters. The summed E-state index contributed by atoms with van der Waals surface area (Å²) in [6.45, 7) is 0. The lowest BCUT2D eigenvalue weighted by Gasteiger charge is -2.10. The first kappa shape index (κ1) is 12.4. The molecule has 0 saturated carbocycles. The van der Waals surface area contributed by atoms with Crippen LogP contribution in [0.15, 0.2) is 16.9 Å². The van der Waals surface area contributed by atoms with Crippen molar-refractivity contribution in [2.45, 2.75) is 6.41 Å². The maximum Gasteiger partial charge on any atom is 0.372 e. The highest BCUT2D eigenvalue weighted by atomic mass is 31.1. The molecule has 3 N–H and O–H groups in total. The van der Waals surface area contributed by atoms with Crippen molar-refractivity contribution in [2.24, 2.45) is 5.73 Å². The molecule has 0 spiro atoms. The molecule has 1 aromatic rings. The number of nitrogens with zero attached hydrogens (tertiary/aromatic N) is 1. The van der Waals surface area contributed by atoms with Gasteiger partial charge in [0.15, 0.2) is 0 Å². The molecule has 1 heterocycles. The van der Waals surface area contributed by atoms with Crippen molar-refractivity contribution in [2.75, 3.05) is 0 Å². The fourth-order valence-electron chi connectivity index (χ4n) is 0.582. The first-order chi connectivity index (χ1) is 7.08. The largest absolute Gasteiger partial charge is 0.404 e. The fraction of sp³-hybridized carbons (Fsp3) is 0.250. The van der Waals surface area contributed by atoms with E-state index in [1.54, 1.807) is 0 Å². The van der Waals surface area contributed by atoms with E-state index in [2.05, 4.69) is 23.3 Å². The summed E-state index contributed by atoms with van der Waals surface area (Å²) in [6, 6.07) is 1.30. The molecule has 9 nitrogen and oxygen atoms in total. The summed E-state index contributed by atoms with van der Waals surface area (Å²) in [7, 11) is -6.27. The quantitative estimate of drug-likeness (QED) is 0.537. The zero-order chi connectivity index (χ0) is 11.3. The van der Waals surface area contributed by atoms with Crippen LogP contribution in [-0.4, -0.2) is 16.5 Å². The number of aromatic nitrogens is 1. The summed E-state index contributed by atoms with van der Waals surface area (Å²) >= 11 is 0. The van der Waals surface area contributed by atoms with Crippen LogP contribution in [0.5, 0.6) is 5.88 Å². The van der Waals surface area contributed by atoms with Gasteiger partial charge in [0.25, 0.3) is 5.88 Å². The van der Waals surface area contributed by atoms with E-state index in [9.17, 15) is 9.13 Å². The van der Waals surface area contributed by atoms with Crippen molar-refractivity contribution >= 4 is 16.5 Å². The van der Waals surface area contributed by atoms with Crippen LogP contribution in [0.25, 0.3) is 0 Å². The Morgan fingerprint density at radius 2 is 2.27 bits per heavy atom. The van der Waals surface area contributed by atoms with Gasteiger partial charge < -0.3 is 13.9 Å². The Labute approximate surface area is 85.0 Å². The Balaban J connectivity index is 2.33. The number of rotatable bonds is 6. The maximum atomic E-state index is 11.0. The van der Waals surface area contributed by atoms with E-state index in [4.69, 9.17) is 10.6 Å². The van der Waals surface area contributed by atoms with Gasteiger partial charge in [-0.2, -0.15) is 0 Å². The Morgan fingerprint density at radius 1 is 1.53 bits per heavy atom. The van der Waals surface area contributed by atoms with Gasteiger partial charge in [-0.1, -0.05) is 0 Å². The summed E-state index contributed by atoms with van der Waals surface area (Å²) in [5, 5.41) is 3.29. The van der Waals surface area contributed by atoms with Crippen LogP contribution in [-0.2, 0) is 18.2 Å². The molecule has 0 amide bonds. The minimum Gasteiger partial charge on any atom is -0.404 e. The lowest BCUT2D eigenvalue weighted by Crippen LogP contribution is -2.22. The normalized spacial score (nSPS) is 16.9. The van der Waals surface area contributed by atoms with Crippen LogP contribution in [0.3, 0.4) is 0 Å². The van der Waals surface area contributed by atoms with Crippen molar-refractivity contribution in [3.05, 3.63) is 12.3 Å². The van der Waals surface area contributed by atoms with E-state index in [1.165, 1.54) is 12.3 Å². The maximum absolute atomic E-state index is 11.0. The summed E-state index contributed by atoms with van der Waals surface area (Å²) in [6.07, 6.45) is -0.396. The van der Waals surface area contributed by atoms with Crippen LogP contribution >= 0.6 is 16.5 Å². The van der Waals surface area contributed by atoms with E-state index in [1.807, 2.05) is 0 Å². The molecular formula is C4H8N2O7P2. The van der Waals surface area contributed by atoms with Crippen molar-refractivity contribution in [1.82, 2.24) is 5.16 Å². The zero-order valence-corrected chi connectivity index (χ0v) is 9.15. The molecule has 11 heteroatoms. The number of hydrogen-bond donors (Lipinski definition) is 2. The Morgan fingerprint density at radius 3 is 2.80 bits per heavy atom. The first-order valence-electron chi connectivity index (χ1n) is 3.52. The Kier molecular flexibility index (Phi) is 4.97. The van der Waals surface area contributed by atoms with Crippen LogP contribution < -0.4 is 10.3 Å². The molecular weight excluding hydrogens is 250 g/mol. The molecule has 0 aromatic carbocycles. The lowest BCUT2D eigenvalue weighted by molar-refractivity contribution is 0.00916. The van der Waals surface area contributed by atoms with E-state index < -0.39 is 22.9 Å². The molecule has 0 saturated heterocycles. The Hall–Kier alpha value is -0.690. The standard InChI is InChI=1S/C4H8N2O7P2/c5-4(12-14(7)8)13-15(9)11-3-1-2-10-6-3/h1-2,4,14-15H,5H2,(H,7,8). The third-order valence-electron chi connectivity index (χ3n) is 1.03. The molecule has 0 bridgehead atoms. The van der Waals surface area contributed by atoms with E-state index in [0.29, 0.717) is 0 Å². The minimum absolute atomic E-state index is 0.0530. The highest BCUT2D eigenvalue weighted by Gasteiger charge is 2.12. The molecule has 1 rings (SSSR count). The van der Waals surface area contributed by atoms with Gasteiger partial charge in [-0.25, -0.2) is 4.57 Å². The number of hydrogen-bond acceptors (Lipinski definition) is 8. The van der Waals surface area contributed by atoms with Crippen LogP contribution in [0.4, 0.5) is 0 Å². The highest BCUT2D eigenvalue weighted by molar-refractivity contribution is 7.34. The van der Waals surface area contributed by atoms with Gasteiger partial charge in [-0.15, -0.1) is 0 Å². The van der Waals surface area contributed by atoms with E-state index in [0.717, 1.165) is 0 Å². The molecule has 86 valence electrons. The fourth-order valence-corrected chi connectivity index (χ4v) is 1.49. The van der Waals surface area contributed by atoms with Crippen molar-refractivity contribution in [3.63, 3.8) is 0 Å². The van der Waals surface area contributed by atoms with E-state index in [-0.39, 0.29) is 5.88 Å². The minimum atomic E-state index is -3.25. The van der Waals surface area contributed by atoms with Gasteiger partial charge in [0.05, 0.1) is 0 Å². The summed E-state index contributed by atoms with van der Waals surface area (Å²) in [5.41, 5.74) is 5.03. The van der Waals surface area contributed by atoms with Gasteiger partial charge in [-0.3, -0.25) is 19.3 Å². The second-order valence-electron chi connectivity index (χ2n) is 2.06. The smallest absolute Gasteiger partial charge is 0.372 e. The van der Waals surface area contributed by atoms with Crippen molar-refractivity contribution < 1.29 is 32.1 Å². The molecule has 0 aliphatic rings.